The molecular formula is C27H37FN4O3. The summed E-state index contributed by atoms with van der Waals surface area (Å²) in [7, 11) is 1.58. The molecule has 7 nitrogen and oxygen atoms in total. The van der Waals surface area contributed by atoms with Crippen LogP contribution >= 0.6 is 0 Å². The van der Waals surface area contributed by atoms with E-state index < -0.39 is 0 Å². The first kappa shape index (κ1) is 26.5. The fourth-order valence-corrected chi connectivity index (χ4v) is 4.05. The Morgan fingerprint density at radius 3 is 2.31 bits per heavy atom. The summed E-state index contributed by atoms with van der Waals surface area (Å²) in [6.45, 7) is 10.6. The first-order chi connectivity index (χ1) is 16.6. The van der Waals surface area contributed by atoms with Gasteiger partial charge in [-0.25, -0.2) is 9.18 Å². The Morgan fingerprint density at radius 2 is 1.69 bits per heavy atom. The molecule has 0 aliphatic carbocycles. The van der Waals surface area contributed by atoms with E-state index in [0.29, 0.717) is 44.0 Å². The highest BCUT2D eigenvalue weighted by atomic mass is 19.1. The van der Waals surface area contributed by atoms with Crippen molar-refractivity contribution < 1.29 is 18.7 Å². The number of carbonyl (C=O) groups excluding carboxylic acids is 2. The van der Waals surface area contributed by atoms with E-state index in [0.717, 1.165) is 25.2 Å². The Hall–Kier alpha value is -3.13. The highest BCUT2D eigenvalue weighted by Crippen LogP contribution is 2.24. The van der Waals surface area contributed by atoms with E-state index in [4.69, 9.17) is 4.74 Å². The van der Waals surface area contributed by atoms with Gasteiger partial charge in [-0.3, -0.25) is 9.69 Å². The van der Waals surface area contributed by atoms with Crippen LogP contribution in [0.1, 0.15) is 32.8 Å². The number of benzene rings is 2. The number of carbonyl (C=O) groups is 2. The Labute approximate surface area is 207 Å². The number of hydrogen-bond donors (Lipinski definition) is 1. The van der Waals surface area contributed by atoms with Gasteiger partial charge in [0.05, 0.1) is 12.8 Å². The van der Waals surface area contributed by atoms with E-state index in [9.17, 15) is 14.0 Å². The average Bonchev–Trinajstić information content (AvgIpc) is 2.82. The Morgan fingerprint density at radius 1 is 1.03 bits per heavy atom. The zero-order valence-corrected chi connectivity index (χ0v) is 21.2. The van der Waals surface area contributed by atoms with Gasteiger partial charge < -0.3 is 19.9 Å². The molecule has 2 aromatic carbocycles. The van der Waals surface area contributed by atoms with Gasteiger partial charge in [-0.1, -0.05) is 45.0 Å². The van der Waals surface area contributed by atoms with E-state index in [1.54, 1.807) is 24.1 Å². The molecule has 35 heavy (non-hydrogen) atoms. The molecule has 0 spiro atoms. The van der Waals surface area contributed by atoms with Crippen molar-refractivity contribution in [1.82, 2.24) is 14.7 Å². The number of urea groups is 1. The molecule has 0 bridgehead atoms. The summed E-state index contributed by atoms with van der Waals surface area (Å²) in [6.07, 6.45) is 0.449. The number of halogens is 1. The van der Waals surface area contributed by atoms with Crippen molar-refractivity contribution in [2.45, 2.75) is 33.7 Å². The molecule has 1 saturated heterocycles. The lowest BCUT2D eigenvalue weighted by molar-refractivity contribution is -0.134. The maximum atomic E-state index is 13.3. The number of rotatable bonds is 8. The third-order valence-corrected chi connectivity index (χ3v) is 6.02. The lowest BCUT2D eigenvalue weighted by Gasteiger charge is -2.36. The lowest BCUT2D eigenvalue weighted by atomic mass is 9.91. The zero-order chi connectivity index (χ0) is 25.4. The minimum atomic E-state index is -0.283. The monoisotopic (exact) mass is 484 g/mol. The molecule has 3 amide bonds. The van der Waals surface area contributed by atoms with Crippen LogP contribution in [0.5, 0.6) is 5.75 Å². The van der Waals surface area contributed by atoms with Crippen LogP contribution in [0.4, 0.5) is 14.9 Å². The summed E-state index contributed by atoms with van der Waals surface area (Å²) in [4.78, 5) is 31.7. The Kier molecular flexibility index (Phi) is 9.09. The number of anilines is 1. The number of nitrogens with zero attached hydrogens (tertiary/aromatic N) is 3. The summed E-state index contributed by atoms with van der Waals surface area (Å²) in [5.41, 5.74) is 1.45. The first-order valence-corrected chi connectivity index (χ1v) is 12.1. The van der Waals surface area contributed by atoms with Gasteiger partial charge in [-0.2, -0.15) is 0 Å². The van der Waals surface area contributed by atoms with Gasteiger partial charge in [0.2, 0.25) is 5.91 Å². The van der Waals surface area contributed by atoms with E-state index in [1.807, 2.05) is 29.2 Å². The van der Waals surface area contributed by atoms with Crippen molar-refractivity contribution in [2.75, 3.05) is 51.7 Å². The smallest absolute Gasteiger partial charge is 0.322 e. The zero-order valence-electron chi connectivity index (χ0n) is 21.2. The Balaban J connectivity index is 1.53. The van der Waals surface area contributed by atoms with E-state index in [-0.39, 0.29) is 23.2 Å². The minimum absolute atomic E-state index is 0.0941. The summed E-state index contributed by atoms with van der Waals surface area (Å²) in [5.74, 6) is 0.436. The maximum absolute atomic E-state index is 13.3. The maximum Gasteiger partial charge on any atom is 0.322 e. The van der Waals surface area contributed by atoms with Crippen LogP contribution < -0.4 is 10.1 Å². The molecular weight excluding hydrogens is 447 g/mol. The van der Waals surface area contributed by atoms with Crippen LogP contribution in [0.15, 0.2) is 48.5 Å². The van der Waals surface area contributed by atoms with Crippen molar-refractivity contribution in [3.05, 3.63) is 59.9 Å². The molecule has 0 unspecified atom stereocenters. The molecule has 0 atom stereocenters. The third kappa shape index (κ3) is 8.24. The normalized spacial score (nSPS) is 14.5. The molecule has 1 fully saturated rings. The molecule has 2 aromatic rings. The van der Waals surface area contributed by atoms with Crippen molar-refractivity contribution in [3.63, 3.8) is 0 Å². The summed E-state index contributed by atoms with van der Waals surface area (Å²) < 4.78 is 18.6. The van der Waals surface area contributed by atoms with Crippen LogP contribution in [-0.4, -0.2) is 73.0 Å². The van der Waals surface area contributed by atoms with Gasteiger partial charge in [0.15, 0.2) is 0 Å². The molecule has 8 heteroatoms. The highest BCUT2D eigenvalue weighted by molar-refractivity contribution is 5.91. The lowest BCUT2D eigenvalue weighted by Crippen LogP contribution is -2.51. The number of ether oxygens (including phenoxy) is 1. The fourth-order valence-electron chi connectivity index (χ4n) is 4.05. The van der Waals surface area contributed by atoms with Crippen molar-refractivity contribution in [1.29, 1.82) is 0 Å². The van der Waals surface area contributed by atoms with Crippen LogP contribution in [0.2, 0.25) is 0 Å². The molecule has 190 valence electrons. The molecule has 1 aliphatic rings. The second-order valence-corrected chi connectivity index (χ2v) is 10.1. The number of hydrogen-bond acceptors (Lipinski definition) is 4. The quantitative estimate of drug-likeness (QED) is 0.601. The van der Waals surface area contributed by atoms with Crippen molar-refractivity contribution >= 4 is 17.6 Å². The minimum Gasteiger partial charge on any atom is -0.495 e. The van der Waals surface area contributed by atoms with Crippen molar-refractivity contribution in [2.24, 2.45) is 5.41 Å². The number of piperazine rings is 1. The van der Waals surface area contributed by atoms with Gasteiger partial charge in [-0.05, 0) is 35.2 Å². The third-order valence-electron chi connectivity index (χ3n) is 6.02. The molecule has 1 aliphatic heterocycles. The predicted octanol–water partition coefficient (Wildman–Crippen LogP) is 4.45. The van der Waals surface area contributed by atoms with Crippen LogP contribution in [0.3, 0.4) is 0 Å². The second-order valence-electron chi connectivity index (χ2n) is 10.1. The largest absolute Gasteiger partial charge is 0.495 e. The standard InChI is InChI=1S/C27H37FN4O3/c1-27(2,3)19-25(33)32(20-21-9-11-22(28)12-10-21)18-15-30-13-16-31(17-14-30)26(34)29-23-7-5-6-8-24(23)35-4/h5-12H,13-20H2,1-4H3,(H,29,34). The number of methoxy groups -OCH3 is 1. The van der Waals surface area contributed by atoms with Gasteiger partial charge in [0.1, 0.15) is 11.6 Å². The van der Waals surface area contributed by atoms with Gasteiger partial charge >= 0.3 is 6.03 Å². The van der Waals surface area contributed by atoms with Crippen LogP contribution in [-0.2, 0) is 11.3 Å². The molecule has 3 rings (SSSR count). The molecule has 1 N–H and O–H groups in total. The molecule has 0 radical (unpaired) electrons. The van der Waals surface area contributed by atoms with Gasteiger partial charge in [0.25, 0.3) is 0 Å². The van der Waals surface area contributed by atoms with Crippen LogP contribution in [0, 0.1) is 11.2 Å². The average molecular weight is 485 g/mol. The fraction of sp³-hybridized carbons (Fsp3) is 0.481. The first-order valence-electron chi connectivity index (χ1n) is 12.1. The number of nitrogens with one attached hydrogen (secondary N) is 1. The molecule has 1 heterocycles. The topological polar surface area (TPSA) is 65.1 Å². The van der Waals surface area contributed by atoms with Crippen molar-refractivity contribution in [3.8, 4) is 5.75 Å². The number of para-hydroxylation sites is 2. The molecule has 0 saturated carbocycles. The summed E-state index contributed by atoms with van der Waals surface area (Å²) in [6, 6.07) is 13.5. The predicted molar refractivity (Wildman–Crippen MR) is 136 cm³/mol. The molecule has 0 aromatic heterocycles. The van der Waals surface area contributed by atoms with E-state index >= 15 is 0 Å². The van der Waals surface area contributed by atoms with Crippen LogP contribution in [0.25, 0.3) is 0 Å². The Bertz CT molecular complexity index is 983. The van der Waals surface area contributed by atoms with Gasteiger partial charge in [0, 0.05) is 52.2 Å². The van der Waals surface area contributed by atoms with E-state index in [2.05, 4.69) is 31.0 Å². The summed E-state index contributed by atoms with van der Waals surface area (Å²) in [5, 5.41) is 2.93. The summed E-state index contributed by atoms with van der Waals surface area (Å²) >= 11 is 0. The highest BCUT2D eigenvalue weighted by Gasteiger charge is 2.25. The second kappa shape index (κ2) is 12.0. The van der Waals surface area contributed by atoms with E-state index in [1.165, 1.54) is 12.1 Å². The van der Waals surface area contributed by atoms with Gasteiger partial charge in [-0.15, -0.1) is 0 Å². The SMILES string of the molecule is COc1ccccc1NC(=O)N1CCN(CCN(Cc2ccc(F)cc2)C(=O)CC(C)(C)C)CC1. The number of amides is 3.